The minimum absolute atomic E-state index is 0.211. The van der Waals surface area contributed by atoms with Crippen molar-refractivity contribution >= 4 is 5.69 Å². The molecule has 84 valence electrons. The van der Waals surface area contributed by atoms with E-state index in [4.69, 9.17) is 5.26 Å². The van der Waals surface area contributed by atoms with Crippen molar-refractivity contribution in [2.75, 3.05) is 11.4 Å². The van der Waals surface area contributed by atoms with E-state index in [0.717, 1.165) is 25.1 Å². The lowest BCUT2D eigenvalue weighted by atomic mass is 9.99. The van der Waals surface area contributed by atoms with Gasteiger partial charge in [0.05, 0.1) is 12.5 Å². The topological polar surface area (TPSA) is 27.0 Å². The summed E-state index contributed by atoms with van der Waals surface area (Å²) in [6, 6.07) is 9.08. The third-order valence-corrected chi connectivity index (χ3v) is 3.11. The summed E-state index contributed by atoms with van der Waals surface area (Å²) in [5.41, 5.74) is 1.03. The van der Waals surface area contributed by atoms with Crippen molar-refractivity contribution in [2.45, 2.75) is 31.7 Å². The van der Waals surface area contributed by atoms with Crippen LogP contribution in [0.4, 0.5) is 10.1 Å². The molecular weight excluding hydrogens is 203 g/mol. The number of hydrogen-bond donors (Lipinski definition) is 0. The first kappa shape index (κ1) is 10.9. The van der Waals surface area contributed by atoms with E-state index in [1.807, 2.05) is 0 Å². The van der Waals surface area contributed by atoms with Gasteiger partial charge in [-0.2, -0.15) is 5.26 Å². The number of nitrogens with zero attached hydrogens (tertiary/aromatic N) is 2. The van der Waals surface area contributed by atoms with E-state index in [2.05, 4.69) is 11.0 Å². The Labute approximate surface area is 95.3 Å². The van der Waals surface area contributed by atoms with Crippen LogP contribution in [0.2, 0.25) is 0 Å². The van der Waals surface area contributed by atoms with Crippen molar-refractivity contribution < 1.29 is 4.39 Å². The van der Waals surface area contributed by atoms with Crippen LogP contribution in [0, 0.1) is 17.1 Å². The van der Waals surface area contributed by atoms with Gasteiger partial charge in [0, 0.05) is 18.3 Å². The van der Waals surface area contributed by atoms with Gasteiger partial charge < -0.3 is 4.90 Å². The van der Waals surface area contributed by atoms with Crippen LogP contribution < -0.4 is 4.90 Å². The molecule has 0 aromatic heterocycles. The highest BCUT2D eigenvalue weighted by Crippen LogP contribution is 2.26. The third-order valence-electron chi connectivity index (χ3n) is 3.11. The standard InChI is InChI=1S/C13H15FN2/c14-11-4-6-13(7-5-11)16-10-2-1-3-12(16)8-9-15/h4-7,12H,1-3,8,10H2. The number of piperidine rings is 1. The van der Waals surface area contributed by atoms with Gasteiger partial charge in [0.1, 0.15) is 5.82 Å². The van der Waals surface area contributed by atoms with Gasteiger partial charge in [0.2, 0.25) is 0 Å². The Morgan fingerprint density at radius 2 is 2.06 bits per heavy atom. The Morgan fingerprint density at radius 1 is 1.31 bits per heavy atom. The highest BCUT2D eigenvalue weighted by molar-refractivity contribution is 5.47. The fraction of sp³-hybridized carbons (Fsp3) is 0.462. The average Bonchev–Trinajstić information content (AvgIpc) is 2.32. The number of nitriles is 1. The van der Waals surface area contributed by atoms with E-state index >= 15 is 0 Å². The minimum Gasteiger partial charge on any atom is -0.368 e. The smallest absolute Gasteiger partial charge is 0.123 e. The molecule has 0 bridgehead atoms. The first-order chi connectivity index (χ1) is 7.81. The van der Waals surface area contributed by atoms with Crippen LogP contribution in [0.25, 0.3) is 0 Å². The van der Waals surface area contributed by atoms with E-state index in [9.17, 15) is 4.39 Å². The van der Waals surface area contributed by atoms with Crippen molar-refractivity contribution in [3.05, 3.63) is 30.1 Å². The van der Waals surface area contributed by atoms with Crippen LogP contribution >= 0.6 is 0 Å². The number of anilines is 1. The largest absolute Gasteiger partial charge is 0.368 e. The fourth-order valence-corrected chi connectivity index (χ4v) is 2.29. The molecule has 1 aliphatic rings. The molecular formula is C13H15FN2. The highest BCUT2D eigenvalue weighted by atomic mass is 19.1. The molecule has 1 aromatic carbocycles. The Bertz CT molecular complexity index is 380. The molecule has 3 heteroatoms. The van der Waals surface area contributed by atoms with Crippen LogP contribution in [0.3, 0.4) is 0 Å². The second-order valence-electron chi connectivity index (χ2n) is 4.18. The summed E-state index contributed by atoms with van der Waals surface area (Å²) in [6.07, 6.45) is 3.95. The van der Waals surface area contributed by atoms with E-state index < -0.39 is 0 Å². The number of hydrogen-bond acceptors (Lipinski definition) is 2. The number of halogens is 1. The average molecular weight is 218 g/mol. The zero-order chi connectivity index (χ0) is 11.4. The quantitative estimate of drug-likeness (QED) is 0.762. The normalized spacial score (nSPS) is 20.5. The molecule has 2 rings (SSSR count). The summed E-state index contributed by atoms with van der Waals surface area (Å²) in [5.74, 6) is -0.211. The molecule has 1 atom stereocenters. The first-order valence-corrected chi connectivity index (χ1v) is 5.70. The molecule has 1 aromatic rings. The van der Waals surface area contributed by atoms with Gasteiger partial charge in [-0.3, -0.25) is 0 Å². The van der Waals surface area contributed by atoms with Crippen LogP contribution in [-0.2, 0) is 0 Å². The van der Waals surface area contributed by atoms with Crippen LogP contribution in [0.5, 0.6) is 0 Å². The summed E-state index contributed by atoms with van der Waals surface area (Å²) in [4.78, 5) is 2.23. The lowest BCUT2D eigenvalue weighted by Gasteiger charge is -2.36. The molecule has 0 spiro atoms. The van der Waals surface area contributed by atoms with E-state index in [1.165, 1.54) is 18.6 Å². The van der Waals surface area contributed by atoms with Gasteiger partial charge in [-0.05, 0) is 43.5 Å². The van der Waals surface area contributed by atoms with E-state index in [-0.39, 0.29) is 5.82 Å². The third kappa shape index (κ3) is 2.33. The summed E-state index contributed by atoms with van der Waals surface area (Å²) in [7, 11) is 0. The Morgan fingerprint density at radius 3 is 2.75 bits per heavy atom. The number of rotatable bonds is 2. The van der Waals surface area contributed by atoms with Gasteiger partial charge in [0.15, 0.2) is 0 Å². The van der Waals surface area contributed by atoms with Crippen LogP contribution in [-0.4, -0.2) is 12.6 Å². The molecule has 0 aliphatic carbocycles. The maximum absolute atomic E-state index is 12.8. The second kappa shape index (κ2) is 4.98. The van der Waals surface area contributed by atoms with Crippen LogP contribution in [0.1, 0.15) is 25.7 Å². The molecule has 16 heavy (non-hydrogen) atoms. The lowest BCUT2D eigenvalue weighted by Crippen LogP contribution is -2.39. The maximum Gasteiger partial charge on any atom is 0.123 e. The molecule has 1 unspecified atom stereocenters. The Balaban J connectivity index is 2.16. The molecule has 1 fully saturated rings. The molecule has 0 N–H and O–H groups in total. The van der Waals surface area contributed by atoms with Crippen molar-refractivity contribution in [3.8, 4) is 6.07 Å². The fourth-order valence-electron chi connectivity index (χ4n) is 2.29. The molecule has 1 aliphatic heterocycles. The zero-order valence-electron chi connectivity index (χ0n) is 9.19. The van der Waals surface area contributed by atoms with E-state index in [1.54, 1.807) is 12.1 Å². The predicted molar refractivity (Wildman–Crippen MR) is 61.6 cm³/mol. The van der Waals surface area contributed by atoms with Crippen molar-refractivity contribution in [1.82, 2.24) is 0 Å². The maximum atomic E-state index is 12.8. The van der Waals surface area contributed by atoms with E-state index in [0.29, 0.717) is 12.5 Å². The Hall–Kier alpha value is -1.56. The monoisotopic (exact) mass is 218 g/mol. The van der Waals surface area contributed by atoms with Gasteiger partial charge >= 0.3 is 0 Å². The summed E-state index contributed by atoms with van der Waals surface area (Å²) < 4.78 is 12.8. The highest BCUT2D eigenvalue weighted by Gasteiger charge is 2.22. The molecule has 0 saturated carbocycles. The first-order valence-electron chi connectivity index (χ1n) is 5.70. The summed E-state index contributed by atoms with van der Waals surface area (Å²) >= 11 is 0. The van der Waals surface area contributed by atoms with Gasteiger partial charge in [-0.25, -0.2) is 4.39 Å². The number of benzene rings is 1. The molecule has 0 radical (unpaired) electrons. The minimum atomic E-state index is -0.211. The summed E-state index contributed by atoms with van der Waals surface area (Å²) in [6.45, 7) is 0.970. The van der Waals surface area contributed by atoms with Gasteiger partial charge in [0.25, 0.3) is 0 Å². The molecule has 1 saturated heterocycles. The predicted octanol–water partition coefficient (Wildman–Crippen LogP) is 3.10. The van der Waals surface area contributed by atoms with Crippen molar-refractivity contribution in [3.63, 3.8) is 0 Å². The second-order valence-corrected chi connectivity index (χ2v) is 4.18. The Kier molecular flexibility index (Phi) is 3.40. The molecule has 1 heterocycles. The van der Waals surface area contributed by atoms with Crippen LogP contribution in [0.15, 0.2) is 24.3 Å². The molecule has 2 nitrogen and oxygen atoms in total. The van der Waals surface area contributed by atoms with Crippen molar-refractivity contribution in [2.24, 2.45) is 0 Å². The summed E-state index contributed by atoms with van der Waals surface area (Å²) in [5, 5.41) is 8.79. The lowest BCUT2D eigenvalue weighted by molar-refractivity contribution is 0.464. The van der Waals surface area contributed by atoms with Crippen molar-refractivity contribution in [1.29, 1.82) is 5.26 Å². The molecule has 0 amide bonds. The van der Waals surface area contributed by atoms with Gasteiger partial charge in [-0.15, -0.1) is 0 Å². The zero-order valence-corrected chi connectivity index (χ0v) is 9.19. The van der Waals surface area contributed by atoms with Gasteiger partial charge in [-0.1, -0.05) is 0 Å². The SMILES string of the molecule is N#CCC1CCCCN1c1ccc(F)cc1.